The maximum atomic E-state index is 9.80. The Morgan fingerprint density at radius 1 is 1.32 bits per heavy atom. The number of aliphatic hydroxyl groups excluding tert-OH is 1. The maximum absolute atomic E-state index is 9.80. The standard InChI is InChI=1S/C16H24N2O/c1-2-16(19)14-8-7-13(11-17-14)18-10-9-12-5-3-4-6-15(12)18/h7-8,11-12,15-16,19H,2-6,9-10H2,1H3/t12?,15?,16-/m0/s1. The molecule has 1 aliphatic heterocycles. The number of aliphatic hydroxyl groups is 1. The smallest absolute Gasteiger partial charge is 0.0957 e. The summed E-state index contributed by atoms with van der Waals surface area (Å²) in [5, 5.41) is 9.80. The fourth-order valence-corrected chi connectivity index (χ4v) is 3.70. The highest BCUT2D eigenvalue weighted by Gasteiger charge is 2.35. The van der Waals surface area contributed by atoms with Crippen LogP contribution in [0.1, 0.15) is 57.2 Å². The van der Waals surface area contributed by atoms with Gasteiger partial charge in [0.2, 0.25) is 0 Å². The minimum atomic E-state index is -0.421. The number of nitrogens with zero attached hydrogens (tertiary/aromatic N) is 2. The van der Waals surface area contributed by atoms with Gasteiger partial charge in [-0.3, -0.25) is 4.98 Å². The summed E-state index contributed by atoms with van der Waals surface area (Å²) in [7, 11) is 0. The monoisotopic (exact) mass is 260 g/mol. The summed E-state index contributed by atoms with van der Waals surface area (Å²) < 4.78 is 0. The van der Waals surface area contributed by atoms with Gasteiger partial charge in [0, 0.05) is 12.6 Å². The number of rotatable bonds is 3. The third-order valence-corrected chi connectivity index (χ3v) is 4.84. The summed E-state index contributed by atoms with van der Waals surface area (Å²) in [6, 6.07) is 4.86. The second-order valence-electron chi connectivity index (χ2n) is 5.96. The van der Waals surface area contributed by atoms with E-state index in [0.29, 0.717) is 0 Å². The van der Waals surface area contributed by atoms with Gasteiger partial charge in [-0.1, -0.05) is 19.8 Å². The number of hydrogen-bond donors (Lipinski definition) is 1. The van der Waals surface area contributed by atoms with Crippen molar-refractivity contribution in [1.29, 1.82) is 0 Å². The molecule has 2 unspecified atom stereocenters. The average Bonchev–Trinajstić information content (AvgIpc) is 2.90. The van der Waals surface area contributed by atoms with E-state index in [2.05, 4.69) is 16.0 Å². The van der Waals surface area contributed by atoms with Gasteiger partial charge in [0.1, 0.15) is 0 Å². The molecule has 1 saturated carbocycles. The Balaban J connectivity index is 1.75. The molecule has 1 saturated heterocycles. The summed E-state index contributed by atoms with van der Waals surface area (Å²) in [4.78, 5) is 6.98. The van der Waals surface area contributed by atoms with Crippen molar-refractivity contribution < 1.29 is 5.11 Å². The zero-order valence-corrected chi connectivity index (χ0v) is 11.8. The largest absolute Gasteiger partial charge is 0.387 e. The van der Waals surface area contributed by atoms with Gasteiger partial charge >= 0.3 is 0 Å². The zero-order chi connectivity index (χ0) is 13.2. The van der Waals surface area contributed by atoms with Gasteiger partial charge in [-0.15, -0.1) is 0 Å². The van der Waals surface area contributed by atoms with E-state index in [4.69, 9.17) is 0 Å². The zero-order valence-electron chi connectivity index (χ0n) is 11.8. The van der Waals surface area contributed by atoms with E-state index < -0.39 is 6.10 Å². The van der Waals surface area contributed by atoms with Gasteiger partial charge in [-0.2, -0.15) is 0 Å². The van der Waals surface area contributed by atoms with Gasteiger partial charge in [0.05, 0.1) is 23.7 Å². The molecule has 1 aromatic rings. The molecule has 1 aliphatic carbocycles. The van der Waals surface area contributed by atoms with E-state index in [1.165, 1.54) is 44.3 Å². The van der Waals surface area contributed by atoms with E-state index >= 15 is 0 Å². The van der Waals surface area contributed by atoms with Gasteiger partial charge in [-0.05, 0) is 43.7 Å². The van der Waals surface area contributed by atoms with Crippen molar-refractivity contribution in [3.63, 3.8) is 0 Å². The molecular weight excluding hydrogens is 236 g/mol. The highest BCUT2D eigenvalue weighted by molar-refractivity contribution is 5.47. The van der Waals surface area contributed by atoms with Crippen LogP contribution in [0.2, 0.25) is 0 Å². The van der Waals surface area contributed by atoms with Crippen LogP contribution in [0.15, 0.2) is 18.3 Å². The Morgan fingerprint density at radius 3 is 2.89 bits per heavy atom. The first kappa shape index (κ1) is 12.9. The first-order chi connectivity index (χ1) is 9.29. The Morgan fingerprint density at radius 2 is 2.16 bits per heavy atom. The molecular formula is C16H24N2O. The first-order valence-electron chi connectivity index (χ1n) is 7.70. The van der Waals surface area contributed by atoms with Crippen molar-refractivity contribution >= 4 is 5.69 Å². The second-order valence-corrected chi connectivity index (χ2v) is 5.96. The summed E-state index contributed by atoms with van der Waals surface area (Å²) >= 11 is 0. The Kier molecular flexibility index (Phi) is 3.74. The highest BCUT2D eigenvalue weighted by atomic mass is 16.3. The van der Waals surface area contributed by atoms with Crippen LogP contribution in [0.5, 0.6) is 0 Å². The van der Waals surface area contributed by atoms with Gasteiger partial charge in [0.25, 0.3) is 0 Å². The second kappa shape index (κ2) is 5.49. The molecule has 2 fully saturated rings. The fourth-order valence-electron chi connectivity index (χ4n) is 3.70. The summed E-state index contributed by atoms with van der Waals surface area (Å²) in [6.45, 7) is 3.15. The molecule has 0 aromatic carbocycles. The van der Waals surface area contributed by atoms with Crippen LogP contribution in [-0.2, 0) is 0 Å². The lowest BCUT2D eigenvalue weighted by Gasteiger charge is -2.33. The maximum Gasteiger partial charge on any atom is 0.0957 e. The van der Waals surface area contributed by atoms with E-state index in [-0.39, 0.29) is 0 Å². The Labute approximate surface area is 115 Å². The third-order valence-electron chi connectivity index (χ3n) is 4.84. The lowest BCUT2D eigenvalue weighted by atomic mass is 9.85. The SMILES string of the molecule is CC[C@H](O)c1ccc(N2CCC3CCCCC32)cn1. The molecule has 3 heteroatoms. The van der Waals surface area contributed by atoms with Crippen molar-refractivity contribution in [2.75, 3.05) is 11.4 Å². The lowest BCUT2D eigenvalue weighted by molar-refractivity contribution is 0.169. The van der Waals surface area contributed by atoms with Crippen LogP contribution in [-0.4, -0.2) is 22.7 Å². The Bertz CT molecular complexity index is 417. The van der Waals surface area contributed by atoms with Gasteiger partial charge < -0.3 is 10.0 Å². The first-order valence-corrected chi connectivity index (χ1v) is 7.70. The molecule has 3 nitrogen and oxygen atoms in total. The molecule has 3 rings (SSSR count). The summed E-state index contributed by atoms with van der Waals surface area (Å²) in [5.41, 5.74) is 2.03. The molecule has 2 aliphatic rings. The predicted molar refractivity (Wildman–Crippen MR) is 77.2 cm³/mol. The molecule has 0 bridgehead atoms. The van der Waals surface area contributed by atoms with Crippen LogP contribution >= 0.6 is 0 Å². The van der Waals surface area contributed by atoms with Crippen LogP contribution in [0.25, 0.3) is 0 Å². The molecule has 0 amide bonds. The van der Waals surface area contributed by atoms with E-state index in [0.717, 1.165) is 24.1 Å². The minimum absolute atomic E-state index is 0.421. The molecule has 2 heterocycles. The van der Waals surface area contributed by atoms with Crippen LogP contribution in [0, 0.1) is 5.92 Å². The molecule has 1 aromatic heterocycles. The highest BCUT2D eigenvalue weighted by Crippen LogP contribution is 2.38. The molecule has 0 radical (unpaired) electrons. The minimum Gasteiger partial charge on any atom is -0.387 e. The van der Waals surface area contributed by atoms with Gasteiger partial charge in [-0.25, -0.2) is 0 Å². The van der Waals surface area contributed by atoms with Crippen LogP contribution < -0.4 is 4.90 Å². The van der Waals surface area contributed by atoms with E-state index in [9.17, 15) is 5.11 Å². The molecule has 0 spiro atoms. The van der Waals surface area contributed by atoms with Crippen molar-refractivity contribution in [3.8, 4) is 0 Å². The van der Waals surface area contributed by atoms with Crippen LogP contribution in [0.3, 0.4) is 0 Å². The van der Waals surface area contributed by atoms with Crippen molar-refractivity contribution in [3.05, 3.63) is 24.0 Å². The third kappa shape index (κ3) is 2.48. The number of fused-ring (bicyclic) bond motifs is 1. The Hall–Kier alpha value is -1.09. The number of hydrogen-bond acceptors (Lipinski definition) is 3. The predicted octanol–water partition coefficient (Wildman–Crippen LogP) is 3.29. The average molecular weight is 260 g/mol. The summed E-state index contributed by atoms with van der Waals surface area (Å²) in [5.74, 6) is 0.898. The number of aromatic nitrogens is 1. The van der Waals surface area contributed by atoms with Gasteiger partial charge in [0.15, 0.2) is 0 Å². The molecule has 104 valence electrons. The molecule has 3 atom stereocenters. The van der Waals surface area contributed by atoms with E-state index in [1.54, 1.807) is 0 Å². The quantitative estimate of drug-likeness (QED) is 0.906. The van der Waals surface area contributed by atoms with Crippen molar-refractivity contribution in [1.82, 2.24) is 4.98 Å². The number of pyridine rings is 1. The van der Waals surface area contributed by atoms with Crippen molar-refractivity contribution in [2.24, 2.45) is 5.92 Å². The summed E-state index contributed by atoms with van der Waals surface area (Å²) in [6.07, 6.45) is 9.11. The topological polar surface area (TPSA) is 36.4 Å². The van der Waals surface area contributed by atoms with Crippen LogP contribution in [0.4, 0.5) is 5.69 Å². The fraction of sp³-hybridized carbons (Fsp3) is 0.688. The normalized spacial score (nSPS) is 28.2. The van der Waals surface area contributed by atoms with Crippen molar-refractivity contribution in [2.45, 2.75) is 57.6 Å². The molecule has 1 N–H and O–H groups in total. The number of anilines is 1. The molecule has 19 heavy (non-hydrogen) atoms. The van der Waals surface area contributed by atoms with E-state index in [1.807, 2.05) is 19.2 Å². The lowest BCUT2D eigenvalue weighted by Crippen LogP contribution is -2.34.